The molecule has 0 saturated carbocycles. The third-order valence-electron chi connectivity index (χ3n) is 4.07. The van der Waals surface area contributed by atoms with E-state index in [2.05, 4.69) is 31.3 Å². The number of rotatable bonds is 5. The van der Waals surface area contributed by atoms with E-state index in [-0.39, 0.29) is 6.03 Å². The van der Waals surface area contributed by atoms with Crippen molar-refractivity contribution in [3.05, 3.63) is 29.8 Å². The number of amides is 2. The SMILES string of the molecule is CC(C)c1cccc(OCCNC(=O)N2CCCCCC2)c1. The molecule has 0 bridgehead atoms. The van der Waals surface area contributed by atoms with E-state index in [1.807, 2.05) is 17.0 Å². The maximum absolute atomic E-state index is 12.1. The van der Waals surface area contributed by atoms with Crippen LogP contribution in [0.15, 0.2) is 24.3 Å². The second-order valence-electron chi connectivity index (χ2n) is 6.21. The second-order valence-corrected chi connectivity index (χ2v) is 6.21. The maximum Gasteiger partial charge on any atom is 0.317 e. The van der Waals surface area contributed by atoms with E-state index in [1.54, 1.807) is 0 Å². The van der Waals surface area contributed by atoms with E-state index in [1.165, 1.54) is 18.4 Å². The monoisotopic (exact) mass is 304 g/mol. The number of carbonyl (C=O) groups excluding carboxylic acids is 1. The minimum Gasteiger partial charge on any atom is -0.492 e. The average molecular weight is 304 g/mol. The largest absolute Gasteiger partial charge is 0.492 e. The van der Waals surface area contributed by atoms with E-state index in [0.29, 0.717) is 19.1 Å². The Labute approximate surface area is 133 Å². The van der Waals surface area contributed by atoms with Gasteiger partial charge in [-0.05, 0) is 36.5 Å². The third kappa shape index (κ3) is 5.24. The molecule has 4 nitrogen and oxygen atoms in total. The third-order valence-corrected chi connectivity index (χ3v) is 4.07. The van der Waals surface area contributed by atoms with Gasteiger partial charge in [0.05, 0.1) is 6.54 Å². The highest BCUT2D eigenvalue weighted by Gasteiger charge is 2.14. The number of hydrogen-bond acceptors (Lipinski definition) is 2. The van der Waals surface area contributed by atoms with Gasteiger partial charge in [-0.1, -0.05) is 38.8 Å². The van der Waals surface area contributed by atoms with Gasteiger partial charge in [0.2, 0.25) is 0 Å². The zero-order chi connectivity index (χ0) is 15.8. The average Bonchev–Trinajstić information content (AvgIpc) is 2.81. The Morgan fingerprint density at radius 1 is 1.23 bits per heavy atom. The Bertz CT molecular complexity index is 466. The molecule has 22 heavy (non-hydrogen) atoms. The van der Waals surface area contributed by atoms with Crippen LogP contribution in [-0.2, 0) is 0 Å². The van der Waals surface area contributed by atoms with Crippen LogP contribution in [-0.4, -0.2) is 37.2 Å². The molecule has 1 aliphatic heterocycles. The van der Waals surface area contributed by atoms with Gasteiger partial charge >= 0.3 is 6.03 Å². The molecule has 2 amide bonds. The summed E-state index contributed by atoms with van der Waals surface area (Å²) in [5.41, 5.74) is 1.27. The molecular formula is C18H28N2O2. The summed E-state index contributed by atoms with van der Waals surface area (Å²) in [7, 11) is 0. The Morgan fingerprint density at radius 2 is 1.95 bits per heavy atom. The molecule has 1 aliphatic rings. The van der Waals surface area contributed by atoms with Crippen LogP contribution in [0.4, 0.5) is 4.79 Å². The molecule has 2 rings (SSSR count). The van der Waals surface area contributed by atoms with Crippen LogP contribution in [0.25, 0.3) is 0 Å². The molecule has 0 atom stereocenters. The summed E-state index contributed by atoms with van der Waals surface area (Å²) >= 11 is 0. The predicted octanol–water partition coefficient (Wildman–Crippen LogP) is 3.77. The quantitative estimate of drug-likeness (QED) is 0.841. The van der Waals surface area contributed by atoms with E-state index in [4.69, 9.17) is 4.74 Å². The highest BCUT2D eigenvalue weighted by Crippen LogP contribution is 2.19. The summed E-state index contributed by atoms with van der Waals surface area (Å²) in [5.74, 6) is 1.36. The van der Waals surface area contributed by atoms with Crippen LogP contribution in [0.1, 0.15) is 51.0 Å². The van der Waals surface area contributed by atoms with Gasteiger partial charge in [-0.25, -0.2) is 4.79 Å². The molecule has 1 aromatic rings. The van der Waals surface area contributed by atoms with Gasteiger partial charge in [-0.3, -0.25) is 0 Å². The first kappa shape index (κ1) is 16.7. The topological polar surface area (TPSA) is 41.6 Å². The fourth-order valence-corrected chi connectivity index (χ4v) is 2.68. The lowest BCUT2D eigenvalue weighted by Crippen LogP contribution is -2.41. The molecule has 122 valence electrons. The normalized spacial score (nSPS) is 15.5. The first-order valence-corrected chi connectivity index (χ1v) is 8.42. The van der Waals surface area contributed by atoms with E-state index < -0.39 is 0 Å². The molecule has 1 heterocycles. The van der Waals surface area contributed by atoms with Crippen molar-refractivity contribution >= 4 is 6.03 Å². The van der Waals surface area contributed by atoms with Crippen LogP contribution < -0.4 is 10.1 Å². The second kappa shape index (κ2) is 8.66. The molecule has 4 heteroatoms. The number of likely N-dealkylation sites (tertiary alicyclic amines) is 1. The summed E-state index contributed by atoms with van der Waals surface area (Å²) in [5, 5.41) is 2.95. The van der Waals surface area contributed by atoms with Gasteiger partial charge in [0, 0.05) is 13.1 Å². The molecule has 0 aliphatic carbocycles. The number of carbonyl (C=O) groups is 1. The van der Waals surface area contributed by atoms with Crippen molar-refractivity contribution in [2.24, 2.45) is 0 Å². The summed E-state index contributed by atoms with van der Waals surface area (Å²) < 4.78 is 5.73. The molecule has 1 fully saturated rings. The number of nitrogens with one attached hydrogen (secondary N) is 1. The minimum absolute atomic E-state index is 0.0430. The van der Waals surface area contributed by atoms with Gasteiger partial charge in [0.1, 0.15) is 12.4 Å². The molecule has 0 unspecified atom stereocenters. The lowest BCUT2D eigenvalue weighted by Gasteiger charge is -2.20. The van der Waals surface area contributed by atoms with Crippen LogP contribution in [0.5, 0.6) is 5.75 Å². The fourth-order valence-electron chi connectivity index (χ4n) is 2.68. The van der Waals surface area contributed by atoms with Crippen molar-refractivity contribution in [1.82, 2.24) is 10.2 Å². The van der Waals surface area contributed by atoms with Gasteiger partial charge < -0.3 is 15.0 Å². The van der Waals surface area contributed by atoms with Crippen molar-refractivity contribution in [2.75, 3.05) is 26.2 Å². The van der Waals surface area contributed by atoms with Crippen LogP contribution in [0.3, 0.4) is 0 Å². The Kier molecular flexibility index (Phi) is 6.56. The van der Waals surface area contributed by atoms with Crippen molar-refractivity contribution in [3.63, 3.8) is 0 Å². The van der Waals surface area contributed by atoms with Crippen molar-refractivity contribution in [3.8, 4) is 5.75 Å². The van der Waals surface area contributed by atoms with Crippen molar-refractivity contribution in [1.29, 1.82) is 0 Å². The first-order valence-electron chi connectivity index (χ1n) is 8.42. The van der Waals surface area contributed by atoms with E-state index in [0.717, 1.165) is 31.7 Å². The maximum atomic E-state index is 12.1. The highest BCUT2D eigenvalue weighted by atomic mass is 16.5. The van der Waals surface area contributed by atoms with Crippen molar-refractivity contribution < 1.29 is 9.53 Å². The highest BCUT2D eigenvalue weighted by molar-refractivity contribution is 5.74. The van der Waals surface area contributed by atoms with Gasteiger partial charge in [0.25, 0.3) is 0 Å². The lowest BCUT2D eigenvalue weighted by atomic mass is 10.0. The lowest BCUT2D eigenvalue weighted by molar-refractivity contribution is 0.196. The molecule has 1 saturated heterocycles. The molecular weight excluding hydrogens is 276 g/mol. The fraction of sp³-hybridized carbons (Fsp3) is 0.611. The van der Waals surface area contributed by atoms with E-state index in [9.17, 15) is 4.79 Å². The molecule has 1 N–H and O–H groups in total. The van der Waals surface area contributed by atoms with Gasteiger partial charge in [0.15, 0.2) is 0 Å². The minimum atomic E-state index is 0.0430. The Hall–Kier alpha value is -1.71. The van der Waals surface area contributed by atoms with Gasteiger partial charge in [-0.2, -0.15) is 0 Å². The molecule has 1 aromatic carbocycles. The molecule has 0 aromatic heterocycles. The van der Waals surface area contributed by atoms with Gasteiger partial charge in [-0.15, -0.1) is 0 Å². The summed E-state index contributed by atoms with van der Waals surface area (Å²) in [6.07, 6.45) is 4.70. The first-order chi connectivity index (χ1) is 10.7. The smallest absolute Gasteiger partial charge is 0.317 e. The Balaban J connectivity index is 1.70. The summed E-state index contributed by atoms with van der Waals surface area (Å²) in [4.78, 5) is 14.0. The summed E-state index contributed by atoms with van der Waals surface area (Å²) in [6, 6.07) is 8.20. The van der Waals surface area contributed by atoms with Crippen LogP contribution in [0.2, 0.25) is 0 Å². The van der Waals surface area contributed by atoms with Crippen LogP contribution in [0, 0.1) is 0 Å². The van der Waals surface area contributed by atoms with Crippen molar-refractivity contribution in [2.45, 2.75) is 45.4 Å². The predicted molar refractivity (Wildman–Crippen MR) is 89.5 cm³/mol. The summed E-state index contributed by atoms with van der Waals surface area (Å²) in [6.45, 7) is 7.13. The number of nitrogens with zero attached hydrogens (tertiary/aromatic N) is 1. The zero-order valence-corrected chi connectivity index (χ0v) is 13.8. The number of benzene rings is 1. The number of urea groups is 1. The standard InChI is InChI=1S/C18H28N2O2/c1-15(2)16-8-7-9-17(14-16)22-13-10-19-18(21)20-11-5-3-4-6-12-20/h7-9,14-15H,3-6,10-13H2,1-2H3,(H,19,21). The Morgan fingerprint density at radius 3 is 2.64 bits per heavy atom. The number of ether oxygens (including phenoxy) is 1. The molecule has 0 radical (unpaired) electrons. The van der Waals surface area contributed by atoms with E-state index >= 15 is 0 Å². The number of hydrogen-bond donors (Lipinski definition) is 1. The molecule has 0 spiro atoms. The van der Waals surface area contributed by atoms with Crippen LogP contribution >= 0.6 is 0 Å². The zero-order valence-electron chi connectivity index (χ0n) is 13.8.